The van der Waals surface area contributed by atoms with Gasteiger partial charge in [0.1, 0.15) is 5.65 Å². The summed E-state index contributed by atoms with van der Waals surface area (Å²) in [6.07, 6.45) is 5.40. The summed E-state index contributed by atoms with van der Waals surface area (Å²) in [5.41, 5.74) is 6.32. The van der Waals surface area contributed by atoms with Gasteiger partial charge in [0.15, 0.2) is 0 Å². The molecule has 1 aliphatic rings. The van der Waals surface area contributed by atoms with Crippen molar-refractivity contribution in [1.29, 1.82) is 0 Å². The lowest BCUT2D eigenvalue weighted by Gasteiger charge is -2.27. The second-order valence-electron chi connectivity index (χ2n) is 4.07. The minimum absolute atomic E-state index is 0. The minimum Gasteiger partial charge on any atom is -0.389 e. The lowest BCUT2D eigenvalue weighted by molar-refractivity contribution is -0.113. The average molecular weight is 299 g/mol. The van der Waals surface area contributed by atoms with E-state index in [1.807, 2.05) is 18.3 Å². The first-order valence-electron chi connectivity index (χ1n) is 5.70. The third kappa shape index (κ3) is 2.41. The van der Waals surface area contributed by atoms with E-state index in [9.17, 15) is 4.79 Å². The first kappa shape index (κ1) is 13.8. The van der Waals surface area contributed by atoms with Crippen LogP contribution in [0.25, 0.3) is 11.0 Å². The van der Waals surface area contributed by atoms with Crippen molar-refractivity contribution >= 4 is 40.2 Å². The summed E-state index contributed by atoms with van der Waals surface area (Å²) in [4.78, 5) is 20.7. The highest BCUT2D eigenvalue weighted by Crippen LogP contribution is 2.46. The number of nitrogens with two attached hydrogens (primary N) is 1. The van der Waals surface area contributed by atoms with Gasteiger partial charge in [0.2, 0.25) is 0 Å². The van der Waals surface area contributed by atoms with Crippen molar-refractivity contribution in [1.82, 2.24) is 15.3 Å². The molecule has 0 fully saturated rings. The third-order valence-corrected chi connectivity index (χ3v) is 5.56. The number of pyridine rings is 1. The summed E-state index contributed by atoms with van der Waals surface area (Å²) in [6.45, 7) is 0.872. The van der Waals surface area contributed by atoms with Crippen LogP contribution in [0.5, 0.6) is 0 Å². The molecule has 4 N–H and O–H groups in total. The second kappa shape index (κ2) is 5.54. The van der Waals surface area contributed by atoms with Gasteiger partial charge in [-0.25, -0.2) is 4.98 Å². The van der Waals surface area contributed by atoms with Crippen LogP contribution >= 0.6 is 23.3 Å². The fourth-order valence-corrected chi connectivity index (χ4v) is 4.50. The standard InChI is InChI=1S/C12H14N4OS.ClH/c13-11(17)10-7-14-5-6-18(10)9-2-4-16-12-8(9)1-3-15-12;/h1-4,7,14,18H,5-6H2,(H2,13,17)(H,15,16);1H. The number of thiol groups is 1. The molecular weight excluding hydrogens is 284 g/mol. The Hall–Kier alpha value is -1.66. The first-order valence-corrected chi connectivity index (χ1v) is 7.23. The molecule has 5 nitrogen and oxygen atoms in total. The Morgan fingerprint density at radius 2 is 2.26 bits per heavy atom. The van der Waals surface area contributed by atoms with Gasteiger partial charge in [0, 0.05) is 41.2 Å². The number of halogens is 1. The van der Waals surface area contributed by atoms with Gasteiger partial charge >= 0.3 is 0 Å². The van der Waals surface area contributed by atoms with Gasteiger partial charge in [-0.3, -0.25) is 4.79 Å². The summed E-state index contributed by atoms with van der Waals surface area (Å²) in [6, 6.07) is 3.99. The molecule has 0 bridgehead atoms. The van der Waals surface area contributed by atoms with Gasteiger partial charge in [0.25, 0.3) is 5.91 Å². The molecule has 0 radical (unpaired) electrons. The normalized spacial score (nSPS) is 20.2. The predicted molar refractivity (Wildman–Crippen MR) is 80.7 cm³/mol. The Morgan fingerprint density at radius 3 is 3.05 bits per heavy atom. The zero-order chi connectivity index (χ0) is 12.5. The molecule has 1 unspecified atom stereocenters. The zero-order valence-electron chi connectivity index (χ0n) is 10.1. The molecule has 0 saturated heterocycles. The number of carbonyl (C=O) groups excluding carboxylic acids is 1. The molecule has 7 heteroatoms. The zero-order valence-corrected chi connectivity index (χ0v) is 11.8. The van der Waals surface area contributed by atoms with Crippen molar-refractivity contribution < 1.29 is 4.79 Å². The molecule has 2 aromatic rings. The molecule has 0 aliphatic carbocycles. The van der Waals surface area contributed by atoms with Gasteiger partial charge in [-0.1, -0.05) is 0 Å². The van der Waals surface area contributed by atoms with Gasteiger partial charge in [0.05, 0.1) is 4.91 Å². The summed E-state index contributed by atoms with van der Waals surface area (Å²) >= 11 is 0. The van der Waals surface area contributed by atoms with Gasteiger partial charge < -0.3 is 16.0 Å². The summed E-state index contributed by atoms with van der Waals surface area (Å²) in [5, 5.41) is 4.17. The number of nitrogens with one attached hydrogen (secondary N) is 2. The molecule has 3 rings (SSSR count). The van der Waals surface area contributed by atoms with Crippen molar-refractivity contribution in [2.24, 2.45) is 5.73 Å². The van der Waals surface area contributed by atoms with Crippen molar-refractivity contribution in [2.45, 2.75) is 4.90 Å². The van der Waals surface area contributed by atoms with E-state index < -0.39 is 10.9 Å². The van der Waals surface area contributed by atoms with E-state index in [-0.39, 0.29) is 18.3 Å². The van der Waals surface area contributed by atoms with Crippen LogP contribution in [-0.4, -0.2) is 28.2 Å². The number of amides is 1. The van der Waals surface area contributed by atoms with Crippen LogP contribution in [-0.2, 0) is 4.79 Å². The fraction of sp³-hybridized carbons (Fsp3) is 0.167. The number of primary amides is 1. The van der Waals surface area contributed by atoms with E-state index in [1.54, 1.807) is 12.4 Å². The Bertz CT molecular complexity index is 639. The Balaban J connectivity index is 0.00000133. The number of hydrogen-bond donors (Lipinski definition) is 4. The van der Waals surface area contributed by atoms with E-state index in [0.29, 0.717) is 4.91 Å². The smallest absolute Gasteiger partial charge is 0.255 e. The van der Waals surface area contributed by atoms with Crippen LogP contribution in [0.15, 0.2) is 40.5 Å². The lowest BCUT2D eigenvalue weighted by Crippen LogP contribution is -2.25. The number of fused-ring (bicyclic) bond motifs is 1. The predicted octanol–water partition coefficient (Wildman–Crippen LogP) is 1.27. The van der Waals surface area contributed by atoms with Gasteiger partial charge in [-0.05, 0) is 12.1 Å². The molecule has 2 aromatic heterocycles. The maximum absolute atomic E-state index is 11.5. The fourth-order valence-electron chi connectivity index (χ4n) is 2.18. The van der Waals surface area contributed by atoms with E-state index in [2.05, 4.69) is 15.3 Å². The van der Waals surface area contributed by atoms with Crippen molar-refractivity contribution in [3.05, 3.63) is 35.6 Å². The molecule has 3 heterocycles. The largest absolute Gasteiger partial charge is 0.389 e. The highest BCUT2D eigenvalue weighted by Gasteiger charge is 2.22. The maximum Gasteiger partial charge on any atom is 0.255 e. The highest BCUT2D eigenvalue weighted by molar-refractivity contribution is 8.21. The number of nitrogens with zero attached hydrogens (tertiary/aromatic N) is 1. The number of aromatic amines is 1. The first-order chi connectivity index (χ1) is 8.77. The molecule has 0 spiro atoms. The Morgan fingerprint density at radius 1 is 1.42 bits per heavy atom. The van der Waals surface area contributed by atoms with Crippen LogP contribution in [0.1, 0.15) is 0 Å². The van der Waals surface area contributed by atoms with E-state index in [0.717, 1.165) is 23.3 Å². The number of rotatable bonds is 2. The topological polar surface area (TPSA) is 83.8 Å². The van der Waals surface area contributed by atoms with Gasteiger partial charge in [-0.2, -0.15) is 10.9 Å². The lowest BCUT2D eigenvalue weighted by atomic mass is 10.3. The molecule has 19 heavy (non-hydrogen) atoms. The van der Waals surface area contributed by atoms with Crippen molar-refractivity contribution in [3.63, 3.8) is 0 Å². The summed E-state index contributed by atoms with van der Waals surface area (Å²) in [7, 11) is -0.680. The molecule has 0 saturated carbocycles. The SMILES string of the molecule is Cl.NC(=O)C1=CNCC[SH]1c1ccnc2[nH]ccc12. The monoisotopic (exact) mass is 298 g/mol. The molecular formula is C12H15ClN4OS. The second-order valence-corrected chi connectivity index (χ2v) is 6.34. The molecule has 102 valence electrons. The van der Waals surface area contributed by atoms with Crippen LogP contribution in [0.4, 0.5) is 0 Å². The number of aromatic nitrogens is 2. The van der Waals surface area contributed by atoms with Gasteiger partial charge in [-0.15, -0.1) is 12.4 Å². The van der Waals surface area contributed by atoms with E-state index >= 15 is 0 Å². The Labute approximate surface area is 119 Å². The molecule has 1 amide bonds. The minimum atomic E-state index is -0.680. The number of carbonyl (C=O) groups is 1. The quantitative estimate of drug-likeness (QED) is 0.630. The van der Waals surface area contributed by atoms with E-state index in [1.165, 1.54) is 4.90 Å². The van der Waals surface area contributed by atoms with Crippen LogP contribution in [0.3, 0.4) is 0 Å². The summed E-state index contributed by atoms with van der Waals surface area (Å²) in [5.74, 6) is 0.586. The molecule has 1 aliphatic heterocycles. The van der Waals surface area contributed by atoms with Crippen LogP contribution < -0.4 is 11.1 Å². The maximum atomic E-state index is 11.5. The number of hydrogen-bond acceptors (Lipinski definition) is 3. The van der Waals surface area contributed by atoms with Crippen LogP contribution in [0, 0.1) is 0 Å². The Kier molecular flexibility index (Phi) is 4.01. The average Bonchev–Trinajstić information content (AvgIpc) is 2.86. The third-order valence-electron chi connectivity index (χ3n) is 2.99. The number of H-pyrrole nitrogens is 1. The van der Waals surface area contributed by atoms with E-state index in [4.69, 9.17) is 5.73 Å². The van der Waals surface area contributed by atoms with Crippen molar-refractivity contribution in [3.8, 4) is 0 Å². The summed E-state index contributed by atoms with van der Waals surface area (Å²) < 4.78 is 0. The van der Waals surface area contributed by atoms with Crippen LogP contribution in [0.2, 0.25) is 0 Å². The molecule has 1 atom stereocenters. The molecule has 0 aromatic carbocycles. The van der Waals surface area contributed by atoms with Crippen molar-refractivity contribution in [2.75, 3.05) is 12.3 Å². The highest BCUT2D eigenvalue weighted by atomic mass is 35.5.